The molecule has 0 radical (unpaired) electrons. The summed E-state index contributed by atoms with van der Waals surface area (Å²) in [6.07, 6.45) is 72.3. The predicted octanol–water partition coefficient (Wildman–Crippen LogP) is 27.6. The third kappa shape index (κ3) is 79.7. The smallest absolute Gasteiger partial charge is 0.462 e. The van der Waals surface area contributed by atoms with Crippen molar-refractivity contribution in [1.29, 1.82) is 0 Å². The van der Waals surface area contributed by atoms with Crippen LogP contribution in [0.1, 0.15) is 479 Å². The first-order chi connectivity index (χ1) is 52.8. The van der Waals surface area contributed by atoms with Gasteiger partial charge in [0.05, 0.1) is 26.4 Å². The molecule has 109 heavy (non-hydrogen) atoms. The number of ether oxygens (including phenoxy) is 4. The Labute approximate surface area is 670 Å². The van der Waals surface area contributed by atoms with Gasteiger partial charge in [0.1, 0.15) is 19.3 Å². The zero-order valence-electron chi connectivity index (χ0n) is 72.0. The number of aliphatic hydroxyl groups is 1. The van der Waals surface area contributed by atoms with Gasteiger partial charge in [0.15, 0.2) is 12.2 Å². The number of carbonyl (C=O) groups excluding carboxylic acids is 4. The molecule has 5 unspecified atom stereocenters. The van der Waals surface area contributed by atoms with Gasteiger partial charge >= 0.3 is 39.5 Å². The Hall–Kier alpha value is -1.94. The zero-order valence-corrected chi connectivity index (χ0v) is 73.8. The van der Waals surface area contributed by atoms with Gasteiger partial charge in [-0.25, -0.2) is 9.13 Å². The van der Waals surface area contributed by atoms with E-state index in [0.717, 1.165) is 120 Å². The normalized spacial score (nSPS) is 14.6. The van der Waals surface area contributed by atoms with Crippen LogP contribution in [0.4, 0.5) is 0 Å². The molecule has 19 heteroatoms. The standard InChI is InChI=1S/C90H176O17P2/c1-8-12-13-14-47-57-64-71-87(92)100-77-85(106-89(94)73-67-60-53-46-40-34-28-27-31-37-43-50-56-63-70-83(7)11-4)79-104-108(96,97)102-75-84(91)76-103-109(98,99)105-80-86(107-90(95)74-66-59-52-45-39-33-26-22-18-16-20-24-30-36-42-49-55-62-69-82(6)10-3)78-101-88(93)72-65-58-51-44-38-32-25-21-17-15-19-23-29-35-41-48-54-61-68-81(5)9-2/h81-86,91H,8-80H2,1-7H3,(H,96,97)(H,98,99)/t81?,82?,83?,84-,85+,86+/m0/s1. The summed E-state index contributed by atoms with van der Waals surface area (Å²) in [5.41, 5.74) is 0. The largest absolute Gasteiger partial charge is 0.472 e. The molecule has 0 saturated heterocycles. The number of rotatable bonds is 88. The first kappa shape index (κ1) is 107. The highest BCUT2D eigenvalue weighted by Gasteiger charge is 2.31. The lowest BCUT2D eigenvalue weighted by Crippen LogP contribution is -2.30. The minimum Gasteiger partial charge on any atom is -0.462 e. The fourth-order valence-electron chi connectivity index (χ4n) is 14.0. The van der Waals surface area contributed by atoms with E-state index < -0.39 is 97.5 Å². The molecular weight excluding hydrogens is 1410 g/mol. The molecule has 0 bridgehead atoms. The summed E-state index contributed by atoms with van der Waals surface area (Å²) in [4.78, 5) is 73.2. The summed E-state index contributed by atoms with van der Waals surface area (Å²) in [7, 11) is -9.93. The predicted molar refractivity (Wildman–Crippen MR) is 451 cm³/mol. The van der Waals surface area contributed by atoms with Gasteiger partial charge in [0.2, 0.25) is 0 Å². The average Bonchev–Trinajstić information content (AvgIpc) is 0.900. The molecule has 0 aromatic heterocycles. The first-order valence-corrected chi connectivity index (χ1v) is 49.5. The van der Waals surface area contributed by atoms with Crippen molar-refractivity contribution in [2.24, 2.45) is 17.8 Å². The van der Waals surface area contributed by atoms with E-state index in [1.54, 1.807) is 0 Å². The van der Waals surface area contributed by atoms with Crippen molar-refractivity contribution in [1.82, 2.24) is 0 Å². The molecule has 17 nitrogen and oxygen atoms in total. The summed E-state index contributed by atoms with van der Waals surface area (Å²) in [6, 6.07) is 0. The molecule has 0 spiro atoms. The van der Waals surface area contributed by atoms with Crippen LogP contribution in [0, 0.1) is 17.8 Å². The molecule has 0 aromatic carbocycles. The monoisotopic (exact) mass is 1590 g/mol. The van der Waals surface area contributed by atoms with Crippen molar-refractivity contribution in [3.8, 4) is 0 Å². The number of hydrogen-bond donors (Lipinski definition) is 3. The van der Waals surface area contributed by atoms with Gasteiger partial charge in [-0.15, -0.1) is 0 Å². The molecule has 3 N–H and O–H groups in total. The Morgan fingerprint density at radius 3 is 0.651 bits per heavy atom. The number of unbranched alkanes of at least 4 members (excludes halogenated alkanes) is 53. The highest BCUT2D eigenvalue weighted by atomic mass is 31.2. The van der Waals surface area contributed by atoms with Crippen molar-refractivity contribution in [3.63, 3.8) is 0 Å². The summed E-state index contributed by atoms with van der Waals surface area (Å²) in [5, 5.41) is 10.7. The van der Waals surface area contributed by atoms with Crippen LogP contribution in [-0.4, -0.2) is 96.7 Å². The lowest BCUT2D eigenvalue weighted by molar-refractivity contribution is -0.161. The lowest BCUT2D eigenvalue weighted by atomic mass is 9.99. The SMILES string of the molecule is CCCCCCCCCC(=O)OC[C@H](COP(=O)(O)OC[C@H](O)COP(=O)(O)OC[C@@H](COC(=O)CCCCCCCCCCCCCCCCCCCCC(C)CC)OC(=O)CCCCCCCCCCCCCCCCCCCCC(C)CC)OC(=O)CCCCCCCCCCCCCCCCC(C)CC. The van der Waals surface area contributed by atoms with Gasteiger partial charge in [0, 0.05) is 25.7 Å². The van der Waals surface area contributed by atoms with Gasteiger partial charge < -0.3 is 33.8 Å². The van der Waals surface area contributed by atoms with Gasteiger partial charge in [-0.05, 0) is 43.4 Å². The van der Waals surface area contributed by atoms with Gasteiger partial charge in [0.25, 0.3) is 0 Å². The fourth-order valence-corrected chi connectivity index (χ4v) is 15.6. The molecule has 0 aromatic rings. The number of phosphoric ester groups is 2. The van der Waals surface area contributed by atoms with Crippen molar-refractivity contribution in [3.05, 3.63) is 0 Å². The van der Waals surface area contributed by atoms with E-state index in [9.17, 15) is 43.2 Å². The van der Waals surface area contributed by atoms with E-state index in [4.69, 9.17) is 37.0 Å². The summed E-state index contributed by atoms with van der Waals surface area (Å²) < 4.78 is 68.9. The third-order valence-electron chi connectivity index (χ3n) is 22.2. The van der Waals surface area contributed by atoms with E-state index in [-0.39, 0.29) is 25.7 Å². The molecule has 648 valence electrons. The molecule has 8 atom stereocenters. The number of esters is 4. The van der Waals surface area contributed by atoms with Crippen molar-refractivity contribution in [2.45, 2.75) is 497 Å². The van der Waals surface area contributed by atoms with Crippen molar-refractivity contribution >= 4 is 39.5 Å². The van der Waals surface area contributed by atoms with Crippen LogP contribution in [0.25, 0.3) is 0 Å². The maximum Gasteiger partial charge on any atom is 0.472 e. The molecule has 0 aliphatic rings. The second kappa shape index (κ2) is 79.9. The topological polar surface area (TPSA) is 237 Å². The van der Waals surface area contributed by atoms with Crippen LogP contribution in [0.3, 0.4) is 0 Å². The van der Waals surface area contributed by atoms with Crippen LogP contribution in [0.15, 0.2) is 0 Å². The highest BCUT2D eigenvalue weighted by Crippen LogP contribution is 2.45. The summed E-state index contributed by atoms with van der Waals surface area (Å²) >= 11 is 0. The minimum absolute atomic E-state index is 0.107. The minimum atomic E-state index is -4.97. The first-order valence-electron chi connectivity index (χ1n) is 46.5. The van der Waals surface area contributed by atoms with E-state index >= 15 is 0 Å². The molecule has 0 amide bonds. The third-order valence-corrected chi connectivity index (χ3v) is 24.1. The number of phosphoric acid groups is 2. The lowest BCUT2D eigenvalue weighted by Gasteiger charge is -2.21. The molecular formula is C90H176O17P2. The summed E-state index contributed by atoms with van der Waals surface area (Å²) in [6.45, 7) is 12.1. The van der Waals surface area contributed by atoms with E-state index in [2.05, 4.69) is 48.5 Å². The molecule has 0 fully saturated rings. The Balaban J connectivity index is 5.15. The average molecular weight is 1590 g/mol. The maximum atomic E-state index is 13.2. The highest BCUT2D eigenvalue weighted by molar-refractivity contribution is 7.47. The number of aliphatic hydroxyl groups excluding tert-OH is 1. The molecule has 0 aliphatic carbocycles. The quantitative estimate of drug-likeness (QED) is 0.0222. The number of carbonyl (C=O) groups is 4. The van der Waals surface area contributed by atoms with Gasteiger partial charge in [-0.3, -0.25) is 37.3 Å². The Morgan fingerprint density at radius 2 is 0.440 bits per heavy atom. The number of hydrogen-bond acceptors (Lipinski definition) is 15. The van der Waals surface area contributed by atoms with E-state index in [1.165, 1.54) is 276 Å². The summed E-state index contributed by atoms with van der Waals surface area (Å²) in [5.74, 6) is 0.486. The van der Waals surface area contributed by atoms with Crippen LogP contribution >= 0.6 is 15.6 Å². The molecule has 0 aliphatic heterocycles. The van der Waals surface area contributed by atoms with Crippen LogP contribution in [-0.2, 0) is 65.4 Å². The second-order valence-corrected chi connectivity index (χ2v) is 36.0. The Kier molecular flexibility index (Phi) is 78.5. The van der Waals surface area contributed by atoms with Crippen LogP contribution in [0.5, 0.6) is 0 Å². The zero-order chi connectivity index (χ0) is 80.0. The van der Waals surface area contributed by atoms with Crippen LogP contribution in [0.2, 0.25) is 0 Å². The van der Waals surface area contributed by atoms with E-state index in [0.29, 0.717) is 25.7 Å². The molecule has 0 rings (SSSR count). The molecule has 0 saturated carbocycles. The molecule has 0 heterocycles. The second-order valence-electron chi connectivity index (χ2n) is 33.1. The van der Waals surface area contributed by atoms with Crippen LogP contribution < -0.4 is 0 Å². The van der Waals surface area contributed by atoms with Gasteiger partial charge in [-0.1, -0.05) is 427 Å². The van der Waals surface area contributed by atoms with Crippen molar-refractivity contribution in [2.75, 3.05) is 39.6 Å². The van der Waals surface area contributed by atoms with Crippen molar-refractivity contribution < 1.29 is 80.2 Å². The van der Waals surface area contributed by atoms with Gasteiger partial charge in [-0.2, -0.15) is 0 Å². The van der Waals surface area contributed by atoms with E-state index in [1.807, 2.05) is 0 Å². The maximum absolute atomic E-state index is 13.2. The Morgan fingerprint density at radius 1 is 0.257 bits per heavy atom. The Bertz CT molecular complexity index is 2100. The fraction of sp³-hybridized carbons (Fsp3) is 0.956.